The largest absolute Gasteiger partial charge is 0.504 e. The number of ketones is 2. The number of aromatic nitrogens is 1. The number of aromatic hydroxyl groups is 1. The smallest absolute Gasteiger partial charge is 0.160 e. The molecule has 8 unspecified atom stereocenters. The number of aliphatic hydroxyl groups is 2. The average Bonchev–Trinajstić information content (AvgIpc) is 3.77. The van der Waals surface area contributed by atoms with Crippen LogP contribution in [-0.2, 0) is 16.0 Å². The van der Waals surface area contributed by atoms with Crippen LogP contribution in [0, 0.1) is 35.0 Å². The molecule has 3 aliphatic carbocycles. The van der Waals surface area contributed by atoms with Crippen LogP contribution >= 0.6 is 0 Å². The number of aliphatic hydroxyl groups excluding tert-OH is 2. The van der Waals surface area contributed by atoms with Gasteiger partial charge in [0.2, 0.25) is 0 Å². The van der Waals surface area contributed by atoms with Crippen molar-refractivity contribution < 1.29 is 29.6 Å². The van der Waals surface area contributed by atoms with Gasteiger partial charge in [0.1, 0.15) is 17.5 Å². The number of nitrogens with zero attached hydrogens (tertiary/aromatic N) is 1. The summed E-state index contributed by atoms with van der Waals surface area (Å²) in [6.45, 7) is 0.961. The van der Waals surface area contributed by atoms with E-state index in [1.165, 1.54) is 39.2 Å². The number of rotatable bonds is 14. The zero-order valence-corrected chi connectivity index (χ0v) is 35.7. The zero-order valence-electron chi connectivity index (χ0n) is 35.7. The molecule has 2 saturated carbocycles. The van der Waals surface area contributed by atoms with E-state index in [-0.39, 0.29) is 29.3 Å². The van der Waals surface area contributed by atoms with Crippen LogP contribution < -0.4 is 15.8 Å². The molecule has 3 fully saturated rings. The topological polar surface area (TPSA) is 155 Å². The fourth-order valence-corrected chi connectivity index (χ4v) is 11.5. The summed E-state index contributed by atoms with van der Waals surface area (Å²) in [7, 11) is 1.51. The predicted molar refractivity (Wildman–Crippen MR) is 239 cm³/mol. The Morgan fingerprint density at radius 3 is 2.56 bits per heavy atom. The molecule has 1 aliphatic heterocycles. The Kier molecular flexibility index (Phi) is 13.4. The van der Waals surface area contributed by atoms with Gasteiger partial charge in [0.25, 0.3) is 0 Å². The third kappa shape index (κ3) is 9.83. The van der Waals surface area contributed by atoms with Gasteiger partial charge in [0.15, 0.2) is 17.3 Å². The molecule has 9 heteroatoms. The van der Waals surface area contributed by atoms with E-state index in [0.29, 0.717) is 80.2 Å². The van der Waals surface area contributed by atoms with Crippen LogP contribution in [0.1, 0.15) is 130 Å². The summed E-state index contributed by atoms with van der Waals surface area (Å²) >= 11 is 0. The quantitative estimate of drug-likeness (QED) is 0.0787. The first-order valence-electron chi connectivity index (χ1n) is 22.8. The Balaban J connectivity index is 0.983. The number of Topliss-reactive ketones (excluding diaryl/α,β-unsaturated/α-hetero) is 2. The molecule has 1 saturated heterocycles. The van der Waals surface area contributed by atoms with Gasteiger partial charge < -0.3 is 31.1 Å². The minimum Gasteiger partial charge on any atom is -0.504 e. The van der Waals surface area contributed by atoms with Crippen molar-refractivity contribution >= 4 is 28.2 Å². The van der Waals surface area contributed by atoms with Gasteiger partial charge in [-0.15, -0.1) is 0 Å². The van der Waals surface area contributed by atoms with Gasteiger partial charge in [0, 0.05) is 43.3 Å². The number of nitrogens with two attached hydrogens (primary N) is 1. The minimum absolute atomic E-state index is 0.00362. The molecule has 9 nitrogen and oxygen atoms in total. The summed E-state index contributed by atoms with van der Waals surface area (Å²) in [4.78, 5) is 30.3. The number of anilines is 1. The Morgan fingerprint density at radius 2 is 1.75 bits per heavy atom. The molecule has 0 bridgehead atoms. The van der Waals surface area contributed by atoms with Crippen molar-refractivity contribution in [2.45, 2.75) is 133 Å². The number of methoxy groups -OCH3 is 1. The van der Waals surface area contributed by atoms with E-state index in [2.05, 4.69) is 52.5 Å². The molecule has 8 rings (SSSR count). The number of ether oxygens (including phenoxy) is 1. The van der Waals surface area contributed by atoms with Crippen molar-refractivity contribution in [1.29, 1.82) is 0 Å². The first-order chi connectivity index (χ1) is 29.6. The van der Waals surface area contributed by atoms with E-state index in [0.717, 1.165) is 58.8 Å². The normalized spacial score (nSPS) is 25.2. The molecule has 0 spiro atoms. The van der Waals surface area contributed by atoms with Crippen LogP contribution in [0.3, 0.4) is 0 Å². The lowest BCUT2D eigenvalue weighted by molar-refractivity contribution is -0.124. The highest BCUT2D eigenvalue weighted by Gasteiger charge is 2.45. The second-order valence-electron chi connectivity index (χ2n) is 18.7. The van der Waals surface area contributed by atoms with Crippen LogP contribution in [0.2, 0.25) is 0 Å². The number of hydrogen-bond donors (Lipinski definition) is 5. The van der Waals surface area contributed by atoms with E-state index >= 15 is 0 Å². The van der Waals surface area contributed by atoms with Crippen LogP contribution in [0.4, 0.5) is 5.82 Å². The van der Waals surface area contributed by atoms with Gasteiger partial charge in [-0.25, -0.2) is 4.98 Å². The molecule has 0 amide bonds. The van der Waals surface area contributed by atoms with Crippen LogP contribution in [0.25, 0.3) is 10.8 Å². The molecule has 0 radical (unpaired) electrons. The molecular weight excluding hydrogens is 763 g/mol. The number of phenols is 1. The summed E-state index contributed by atoms with van der Waals surface area (Å²) in [5.41, 5.74) is 10.1. The van der Waals surface area contributed by atoms with Crippen molar-refractivity contribution in [3.8, 4) is 23.3 Å². The van der Waals surface area contributed by atoms with E-state index in [1.807, 2.05) is 24.3 Å². The lowest BCUT2D eigenvalue weighted by atomic mass is 9.63. The van der Waals surface area contributed by atoms with E-state index in [9.17, 15) is 24.9 Å². The number of pyridine rings is 1. The highest BCUT2D eigenvalue weighted by atomic mass is 16.5. The van der Waals surface area contributed by atoms with E-state index < -0.39 is 24.0 Å². The number of carbonyl (C=O) groups excluding carboxylic acids is 2. The summed E-state index contributed by atoms with van der Waals surface area (Å²) < 4.78 is 5.48. The molecule has 3 aromatic carbocycles. The highest BCUT2D eigenvalue weighted by molar-refractivity contribution is 5.85. The maximum Gasteiger partial charge on any atom is 0.160 e. The second kappa shape index (κ2) is 19.1. The Hall–Kier alpha value is -4.75. The van der Waals surface area contributed by atoms with Gasteiger partial charge in [-0.3, -0.25) is 9.59 Å². The Labute approximate surface area is 360 Å². The first-order valence-corrected chi connectivity index (χ1v) is 22.8. The van der Waals surface area contributed by atoms with Crippen LogP contribution in [0.15, 0.2) is 72.9 Å². The van der Waals surface area contributed by atoms with Gasteiger partial charge >= 0.3 is 0 Å². The molecule has 4 aromatic rings. The van der Waals surface area contributed by atoms with Gasteiger partial charge in [-0.2, -0.15) is 0 Å². The fraction of sp³-hybridized carbons (Fsp3) is 0.519. The molecule has 6 N–H and O–H groups in total. The van der Waals surface area contributed by atoms with Gasteiger partial charge in [-0.05, 0) is 145 Å². The summed E-state index contributed by atoms with van der Waals surface area (Å²) in [6, 6.07) is 22.3. The standard InChI is InChI=1S/C52H63N3O6/c1-61-50-27-37-15-19-48(59)43(47(58)9-6-23-52(21-4-5-22-52)40-26-39-13-17-42(57)30-46(39)55-32-40)18-14-34(45(37)31-49(50)60)12-16-41(56)29-44(38-20-24-54-51(53)28-38)36-11-10-33-7-2-3-8-35(33)25-36/h2-3,7-8,10-11,20,24-25,27-28,31,34,39-41,43-44,46-47,55-56,58,60H,4-6,9,12-13,15-17,19,21-23,26,29-30,32H2,1H3,(H2,53,54). The van der Waals surface area contributed by atoms with E-state index in [1.54, 1.807) is 18.3 Å². The zero-order chi connectivity index (χ0) is 42.5. The number of nitrogens with one attached hydrogen (secondary N) is 1. The number of phenolic OH excluding ortho intramolecular Hbond substituents is 1. The molecule has 61 heavy (non-hydrogen) atoms. The van der Waals surface area contributed by atoms with Crippen molar-refractivity contribution in [3.05, 3.63) is 95.2 Å². The number of aryl methyl sites for hydroxylation is 1. The molecule has 4 aliphatic rings. The maximum atomic E-state index is 13.9. The number of fused-ring (bicyclic) bond motifs is 3. The first kappa shape index (κ1) is 42.9. The third-order valence-corrected chi connectivity index (χ3v) is 14.9. The van der Waals surface area contributed by atoms with Crippen molar-refractivity contribution in [2.75, 3.05) is 19.4 Å². The lowest BCUT2D eigenvalue weighted by Gasteiger charge is -2.47. The Bertz CT molecular complexity index is 2260. The third-order valence-electron chi connectivity index (χ3n) is 14.9. The molecule has 322 valence electrons. The predicted octanol–water partition coefficient (Wildman–Crippen LogP) is 8.55. The second-order valence-corrected chi connectivity index (χ2v) is 18.7. The highest BCUT2D eigenvalue weighted by Crippen LogP contribution is 2.52. The van der Waals surface area contributed by atoms with E-state index in [4.69, 9.17) is 10.5 Å². The summed E-state index contributed by atoms with van der Waals surface area (Å²) in [6.07, 6.45) is 12.9. The lowest BCUT2D eigenvalue weighted by Crippen LogP contribution is -2.52. The van der Waals surface area contributed by atoms with Crippen molar-refractivity contribution in [1.82, 2.24) is 10.3 Å². The molecular formula is C52H63N3O6. The molecule has 1 aromatic heterocycles. The number of benzene rings is 3. The number of hydrogen-bond acceptors (Lipinski definition) is 9. The minimum atomic E-state index is -0.887. The summed E-state index contributed by atoms with van der Waals surface area (Å²) in [5, 5.41) is 40.6. The monoisotopic (exact) mass is 825 g/mol. The SMILES string of the molecule is COc1cc2c(cc1O)C(CCC(O)CC(c1ccnc(N)c1)c1ccc3ccccc3c1)C#CC(C(O)CCCC1(C3CNC4CC(=O)CCC4C3)CCCC1)C(=O)CC2. The molecule has 2 heterocycles. The average molecular weight is 826 g/mol. The van der Waals surface area contributed by atoms with Gasteiger partial charge in [-0.1, -0.05) is 73.6 Å². The van der Waals surface area contributed by atoms with Crippen molar-refractivity contribution in [2.24, 2.45) is 23.2 Å². The number of carbonyl (C=O) groups is 2. The Morgan fingerprint density at radius 1 is 0.951 bits per heavy atom. The van der Waals surface area contributed by atoms with Gasteiger partial charge in [0.05, 0.1) is 19.3 Å². The number of nitrogen functional groups attached to an aromatic ring is 1. The van der Waals surface area contributed by atoms with Crippen molar-refractivity contribution in [3.63, 3.8) is 0 Å². The number of piperidine rings is 1. The molecule has 8 atom stereocenters. The maximum absolute atomic E-state index is 13.9. The van der Waals surface area contributed by atoms with Crippen LogP contribution in [0.5, 0.6) is 11.5 Å². The summed E-state index contributed by atoms with van der Waals surface area (Å²) in [5.74, 6) is 7.56. The van der Waals surface area contributed by atoms with Crippen LogP contribution in [-0.4, -0.2) is 63.8 Å². The fourth-order valence-electron chi connectivity index (χ4n) is 11.5.